The summed E-state index contributed by atoms with van der Waals surface area (Å²) in [4.78, 5) is 1.40. The highest BCUT2D eigenvalue weighted by atomic mass is 79.9. The molecule has 0 aliphatic rings. The van der Waals surface area contributed by atoms with Crippen LogP contribution < -0.4 is 0 Å². The zero-order valence-electron chi connectivity index (χ0n) is 17.1. The molecule has 154 valence electrons. The normalized spacial score (nSPS) is 12.2. The van der Waals surface area contributed by atoms with Crippen LogP contribution in [0.4, 0.5) is 0 Å². The number of unbranched alkanes of at least 4 members (excludes halogenated alkanes) is 9. The van der Waals surface area contributed by atoms with Crippen LogP contribution in [0.25, 0.3) is 0 Å². The largest absolute Gasteiger partial charge is 0.265 e. The van der Waals surface area contributed by atoms with Gasteiger partial charge in [0.15, 0.2) is 0 Å². The number of rotatable bonds is 16. The lowest BCUT2D eigenvalue weighted by molar-refractivity contribution is 0.467. The molecule has 1 aromatic carbocycles. The maximum Gasteiger partial charge on any atom is 0.0697 e. The third kappa shape index (κ3) is 9.97. The monoisotopic (exact) mass is 462 g/mol. The summed E-state index contributed by atoms with van der Waals surface area (Å²) in [5, 5.41) is 4.37. The van der Waals surface area contributed by atoms with Gasteiger partial charge < -0.3 is 0 Å². The van der Waals surface area contributed by atoms with Crippen LogP contribution in [0.3, 0.4) is 0 Å². The lowest BCUT2D eigenvalue weighted by Crippen LogP contribution is -2.06. The van der Waals surface area contributed by atoms with Crippen molar-refractivity contribution < 1.29 is 0 Å². The zero-order chi connectivity index (χ0) is 19.9. The molecule has 0 amide bonds. The van der Waals surface area contributed by atoms with Crippen LogP contribution in [-0.2, 0) is 0 Å². The lowest BCUT2D eigenvalue weighted by atomic mass is 10.0. The summed E-state index contributed by atoms with van der Waals surface area (Å²) in [6.45, 7) is 3.96. The number of benzene rings is 1. The fraction of sp³-hybridized carbons (Fsp3) is 0.542. The van der Waals surface area contributed by atoms with E-state index in [0.29, 0.717) is 6.04 Å². The van der Waals surface area contributed by atoms with Crippen LogP contribution in [0.15, 0.2) is 64.7 Å². The third-order valence-electron chi connectivity index (χ3n) is 5.09. The van der Waals surface area contributed by atoms with E-state index in [9.17, 15) is 0 Å². The second-order valence-corrected chi connectivity index (χ2v) is 9.51. The molecule has 1 atom stereocenters. The second kappa shape index (κ2) is 14.9. The molecular formula is C24H35BrN2S. The van der Waals surface area contributed by atoms with E-state index in [1.165, 1.54) is 74.9 Å². The Morgan fingerprint density at radius 1 is 0.929 bits per heavy atom. The summed E-state index contributed by atoms with van der Waals surface area (Å²) in [7, 11) is 0. The quantitative estimate of drug-likeness (QED) is 0.141. The van der Waals surface area contributed by atoms with E-state index in [1.54, 1.807) is 0 Å². The highest BCUT2D eigenvalue weighted by Crippen LogP contribution is 2.21. The van der Waals surface area contributed by atoms with Gasteiger partial charge in [-0.2, -0.15) is 5.10 Å². The van der Waals surface area contributed by atoms with Gasteiger partial charge in [0.1, 0.15) is 0 Å². The number of thioether (sulfide) groups is 1. The maximum atomic E-state index is 4.37. The fourth-order valence-corrected chi connectivity index (χ4v) is 4.67. The Labute approximate surface area is 184 Å². The number of hydrogen-bond donors (Lipinski definition) is 0. The van der Waals surface area contributed by atoms with Crippen LogP contribution in [0.1, 0.15) is 76.7 Å². The Hall–Kier alpha value is -1.00. The number of nitrogens with zero attached hydrogens (tertiary/aromatic N) is 2. The minimum atomic E-state index is 0.325. The van der Waals surface area contributed by atoms with E-state index in [1.807, 2.05) is 34.9 Å². The smallest absolute Gasteiger partial charge is 0.0697 e. The Morgan fingerprint density at radius 2 is 1.54 bits per heavy atom. The van der Waals surface area contributed by atoms with E-state index in [0.717, 1.165) is 10.9 Å². The van der Waals surface area contributed by atoms with Gasteiger partial charge in [-0.1, -0.05) is 82.1 Å². The van der Waals surface area contributed by atoms with Crippen molar-refractivity contribution in [3.63, 3.8) is 0 Å². The van der Waals surface area contributed by atoms with Gasteiger partial charge in [-0.15, -0.1) is 18.3 Å². The molecule has 2 rings (SSSR count). The SMILES string of the molecule is C=CC(CCCCCCCCCCCCSc1ccccc1)n1cc(Br)cn1. The van der Waals surface area contributed by atoms with Gasteiger partial charge in [0.05, 0.1) is 16.7 Å². The Balaban J connectivity index is 1.35. The highest BCUT2D eigenvalue weighted by molar-refractivity contribution is 9.10. The molecule has 0 aliphatic heterocycles. The predicted molar refractivity (Wildman–Crippen MR) is 127 cm³/mol. The molecule has 0 spiro atoms. The molecule has 1 unspecified atom stereocenters. The minimum Gasteiger partial charge on any atom is -0.265 e. The summed E-state index contributed by atoms with van der Waals surface area (Å²) in [6.07, 6.45) is 20.7. The van der Waals surface area contributed by atoms with Gasteiger partial charge in [-0.3, -0.25) is 4.68 Å². The summed E-state index contributed by atoms with van der Waals surface area (Å²) in [6, 6.07) is 11.1. The van der Waals surface area contributed by atoms with Crippen LogP contribution >= 0.6 is 27.7 Å². The first kappa shape index (κ1) is 23.3. The van der Waals surface area contributed by atoms with Crippen molar-refractivity contribution in [2.24, 2.45) is 0 Å². The summed E-state index contributed by atoms with van der Waals surface area (Å²) >= 11 is 5.45. The molecule has 0 bridgehead atoms. The molecule has 1 heterocycles. The summed E-state index contributed by atoms with van der Waals surface area (Å²) in [5.74, 6) is 1.26. The molecule has 0 fully saturated rings. The average molecular weight is 464 g/mol. The molecule has 1 aromatic heterocycles. The van der Waals surface area contributed by atoms with Gasteiger partial charge in [0.2, 0.25) is 0 Å². The Bertz CT molecular complexity index is 641. The topological polar surface area (TPSA) is 17.8 Å². The molecule has 0 aliphatic carbocycles. The first-order chi connectivity index (χ1) is 13.8. The molecular weight excluding hydrogens is 428 g/mol. The molecule has 4 heteroatoms. The average Bonchev–Trinajstić information content (AvgIpc) is 3.15. The van der Waals surface area contributed by atoms with Gasteiger partial charge >= 0.3 is 0 Å². The number of aromatic nitrogens is 2. The Kier molecular flexibility index (Phi) is 12.4. The highest BCUT2D eigenvalue weighted by Gasteiger charge is 2.07. The standard InChI is InChI=1S/C24H35BrN2S/c1-2-23(27-21-22(25)20-26-27)16-12-9-7-5-3-4-6-8-10-15-19-28-24-17-13-11-14-18-24/h2,11,13-14,17-18,20-21,23H,1,3-10,12,15-16,19H2. The van der Waals surface area contributed by atoms with Crippen molar-refractivity contribution in [2.45, 2.75) is 81.6 Å². The summed E-state index contributed by atoms with van der Waals surface area (Å²) in [5.41, 5.74) is 0. The van der Waals surface area contributed by atoms with Crippen LogP contribution in [0.5, 0.6) is 0 Å². The number of allylic oxidation sites excluding steroid dienone is 1. The van der Waals surface area contributed by atoms with E-state index >= 15 is 0 Å². The first-order valence-electron chi connectivity index (χ1n) is 10.8. The molecule has 0 radical (unpaired) electrons. The van der Waals surface area contributed by atoms with Crippen molar-refractivity contribution in [3.8, 4) is 0 Å². The molecule has 0 saturated carbocycles. The molecule has 2 nitrogen and oxygen atoms in total. The Morgan fingerprint density at radius 3 is 2.11 bits per heavy atom. The molecule has 0 N–H and O–H groups in total. The minimum absolute atomic E-state index is 0.325. The van der Waals surface area contributed by atoms with Gasteiger partial charge in [-0.05, 0) is 46.7 Å². The first-order valence-corrected chi connectivity index (χ1v) is 12.6. The van der Waals surface area contributed by atoms with E-state index in [2.05, 4.69) is 57.9 Å². The van der Waals surface area contributed by atoms with Gasteiger partial charge in [0.25, 0.3) is 0 Å². The predicted octanol–water partition coefficient (Wildman–Crippen LogP) is 8.46. The fourth-order valence-electron chi connectivity index (χ4n) is 3.43. The van der Waals surface area contributed by atoms with Crippen LogP contribution in [0, 0.1) is 0 Å². The maximum absolute atomic E-state index is 4.37. The van der Waals surface area contributed by atoms with Crippen molar-refractivity contribution in [1.29, 1.82) is 0 Å². The van der Waals surface area contributed by atoms with Crippen molar-refractivity contribution in [3.05, 3.63) is 59.9 Å². The van der Waals surface area contributed by atoms with Crippen molar-refractivity contribution in [1.82, 2.24) is 9.78 Å². The van der Waals surface area contributed by atoms with Gasteiger partial charge in [0, 0.05) is 11.1 Å². The molecule has 28 heavy (non-hydrogen) atoms. The number of halogens is 1. The molecule has 0 saturated heterocycles. The van der Waals surface area contributed by atoms with Gasteiger partial charge in [-0.25, -0.2) is 0 Å². The third-order valence-corrected chi connectivity index (χ3v) is 6.60. The van der Waals surface area contributed by atoms with Crippen molar-refractivity contribution in [2.75, 3.05) is 5.75 Å². The molecule has 2 aromatic rings. The zero-order valence-corrected chi connectivity index (χ0v) is 19.5. The second-order valence-electron chi connectivity index (χ2n) is 7.43. The van der Waals surface area contributed by atoms with Crippen molar-refractivity contribution >= 4 is 27.7 Å². The van der Waals surface area contributed by atoms with E-state index in [-0.39, 0.29) is 0 Å². The lowest BCUT2D eigenvalue weighted by Gasteiger charge is -2.12. The van der Waals surface area contributed by atoms with E-state index in [4.69, 9.17) is 0 Å². The van der Waals surface area contributed by atoms with Crippen LogP contribution in [0.2, 0.25) is 0 Å². The number of hydrogen-bond acceptors (Lipinski definition) is 2. The van der Waals surface area contributed by atoms with Crippen LogP contribution in [-0.4, -0.2) is 15.5 Å². The summed E-state index contributed by atoms with van der Waals surface area (Å²) < 4.78 is 3.05. The van der Waals surface area contributed by atoms with E-state index < -0.39 is 0 Å².